The molecule has 0 spiro atoms. The van der Waals surface area contributed by atoms with Crippen molar-refractivity contribution in [2.24, 2.45) is 0 Å². The highest BCUT2D eigenvalue weighted by molar-refractivity contribution is 5.77. The van der Waals surface area contributed by atoms with E-state index in [2.05, 4.69) is 5.32 Å². The first-order valence-corrected chi connectivity index (χ1v) is 5.52. The lowest BCUT2D eigenvalue weighted by atomic mass is 10.2. The molecule has 2 aliphatic heterocycles. The van der Waals surface area contributed by atoms with Crippen molar-refractivity contribution >= 4 is 5.91 Å². The lowest BCUT2D eigenvalue weighted by Crippen LogP contribution is -2.44. The maximum atomic E-state index is 11.8. The SMILES string of the molecule is O=C(CC1COCCN1)N1CC[C@H](O)C1. The molecule has 0 aliphatic carbocycles. The van der Waals surface area contributed by atoms with E-state index in [1.807, 2.05) is 0 Å². The number of hydrogen-bond donors (Lipinski definition) is 2. The van der Waals surface area contributed by atoms with E-state index in [0.717, 1.165) is 13.2 Å². The number of ether oxygens (including phenoxy) is 1. The zero-order chi connectivity index (χ0) is 10.7. The van der Waals surface area contributed by atoms with Crippen LogP contribution in [-0.2, 0) is 9.53 Å². The summed E-state index contributed by atoms with van der Waals surface area (Å²) in [6, 6.07) is 0.143. The molecular formula is C10H18N2O3. The highest BCUT2D eigenvalue weighted by Crippen LogP contribution is 2.11. The number of likely N-dealkylation sites (tertiary alicyclic amines) is 1. The number of carbonyl (C=O) groups is 1. The van der Waals surface area contributed by atoms with Gasteiger partial charge >= 0.3 is 0 Å². The molecule has 5 nitrogen and oxygen atoms in total. The van der Waals surface area contributed by atoms with Crippen molar-refractivity contribution in [3.05, 3.63) is 0 Å². The normalized spacial score (nSPS) is 31.9. The quantitative estimate of drug-likeness (QED) is 0.616. The van der Waals surface area contributed by atoms with Gasteiger partial charge in [0.1, 0.15) is 0 Å². The van der Waals surface area contributed by atoms with Crippen LogP contribution in [0.3, 0.4) is 0 Å². The van der Waals surface area contributed by atoms with Gasteiger partial charge in [0.15, 0.2) is 0 Å². The molecule has 86 valence electrons. The second-order valence-corrected chi connectivity index (χ2v) is 4.21. The summed E-state index contributed by atoms with van der Waals surface area (Å²) in [7, 11) is 0. The van der Waals surface area contributed by atoms with Crippen molar-refractivity contribution < 1.29 is 14.6 Å². The van der Waals surface area contributed by atoms with Gasteiger partial charge in [-0.1, -0.05) is 0 Å². The Balaban J connectivity index is 1.76. The van der Waals surface area contributed by atoms with Crippen molar-refractivity contribution in [3.63, 3.8) is 0 Å². The van der Waals surface area contributed by atoms with E-state index in [-0.39, 0.29) is 18.1 Å². The van der Waals surface area contributed by atoms with Gasteiger partial charge in [-0.05, 0) is 6.42 Å². The summed E-state index contributed by atoms with van der Waals surface area (Å²) in [6.45, 7) is 3.34. The molecule has 2 aliphatic rings. The molecule has 2 rings (SSSR count). The lowest BCUT2D eigenvalue weighted by molar-refractivity contribution is -0.131. The fourth-order valence-electron chi connectivity index (χ4n) is 2.06. The molecule has 0 aromatic rings. The van der Waals surface area contributed by atoms with E-state index in [0.29, 0.717) is 32.5 Å². The van der Waals surface area contributed by atoms with Gasteiger partial charge in [-0.25, -0.2) is 0 Å². The maximum Gasteiger partial charge on any atom is 0.224 e. The second-order valence-electron chi connectivity index (χ2n) is 4.21. The van der Waals surface area contributed by atoms with Crippen LogP contribution in [0.4, 0.5) is 0 Å². The molecule has 0 aromatic carbocycles. The minimum Gasteiger partial charge on any atom is -0.391 e. The van der Waals surface area contributed by atoms with Crippen LogP contribution >= 0.6 is 0 Å². The van der Waals surface area contributed by atoms with E-state index >= 15 is 0 Å². The minimum absolute atomic E-state index is 0.120. The third-order valence-corrected chi connectivity index (χ3v) is 2.94. The molecule has 2 atom stereocenters. The minimum atomic E-state index is -0.329. The highest BCUT2D eigenvalue weighted by atomic mass is 16.5. The van der Waals surface area contributed by atoms with Gasteiger partial charge in [0.25, 0.3) is 0 Å². The number of amides is 1. The summed E-state index contributed by atoms with van der Waals surface area (Å²) >= 11 is 0. The maximum absolute atomic E-state index is 11.8. The molecule has 0 aromatic heterocycles. The molecule has 15 heavy (non-hydrogen) atoms. The number of carbonyl (C=O) groups excluding carboxylic acids is 1. The standard InChI is InChI=1S/C10H18N2O3/c13-9-1-3-12(6-9)10(14)5-8-7-15-4-2-11-8/h8-9,11,13H,1-7H2/t8?,9-/m0/s1. The van der Waals surface area contributed by atoms with Crippen molar-refractivity contribution in [1.29, 1.82) is 0 Å². The Morgan fingerprint density at radius 2 is 2.47 bits per heavy atom. The fourth-order valence-corrected chi connectivity index (χ4v) is 2.06. The van der Waals surface area contributed by atoms with Gasteiger partial charge in [-0.3, -0.25) is 4.79 Å². The Bertz CT molecular complexity index is 229. The molecule has 5 heteroatoms. The van der Waals surface area contributed by atoms with Crippen LogP contribution in [0.15, 0.2) is 0 Å². The summed E-state index contributed by atoms with van der Waals surface area (Å²) in [5, 5.41) is 12.6. The summed E-state index contributed by atoms with van der Waals surface area (Å²) in [4.78, 5) is 13.5. The Kier molecular flexibility index (Phi) is 3.56. The Labute approximate surface area is 89.4 Å². The average molecular weight is 214 g/mol. The predicted molar refractivity (Wildman–Crippen MR) is 54.4 cm³/mol. The Morgan fingerprint density at radius 3 is 3.07 bits per heavy atom. The number of morpholine rings is 1. The molecule has 2 saturated heterocycles. The van der Waals surface area contributed by atoms with Crippen molar-refractivity contribution in [3.8, 4) is 0 Å². The molecule has 2 heterocycles. The van der Waals surface area contributed by atoms with Gasteiger partial charge in [0.05, 0.1) is 19.3 Å². The van der Waals surface area contributed by atoms with Crippen LogP contribution in [0.25, 0.3) is 0 Å². The van der Waals surface area contributed by atoms with Crippen molar-refractivity contribution in [1.82, 2.24) is 10.2 Å². The molecule has 0 bridgehead atoms. The third kappa shape index (κ3) is 2.90. The van der Waals surface area contributed by atoms with Crippen molar-refractivity contribution in [2.45, 2.75) is 25.0 Å². The number of nitrogens with one attached hydrogen (secondary N) is 1. The van der Waals surface area contributed by atoms with E-state index in [9.17, 15) is 9.90 Å². The summed E-state index contributed by atoms with van der Waals surface area (Å²) in [5.74, 6) is 0.120. The molecule has 2 N–H and O–H groups in total. The number of nitrogens with zero attached hydrogens (tertiary/aromatic N) is 1. The number of hydrogen-bond acceptors (Lipinski definition) is 4. The number of aliphatic hydroxyl groups is 1. The zero-order valence-corrected chi connectivity index (χ0v) is 8.82. The fraction of sp³-hybridized carbons (Fsp3) is 0.900. The summed E-state index contributed by atoms with van der Waals surface area (Å²) in [5.41, 5.74) is 0. The van der Waals surface area contributed by atoms with E-state index < -0.39 is 0 Å². The molecule has 0 radical (unpaired) electrons. The molecule has 1 unspecified atom stereocenters. The third-order valence-electron chi connectivity index (χ3n) is 2.94. The molecule has 1 amide bonds. The van der Waals surface area contributed by atoms with E-state index in [4.69, 9.17) is 4.74 Å². The van der Waals surface area contributed by atoms with Gasteiger partial charge in [-0.2, -0.15) is 0 Å². The first-order valence-electron chi connectivity index (χ1n) is 5.52. The average Bonchev–Trinajstić information content (AvgIpc) is 2.66. The lowest BCUT2D eigenvalue weighted by Gasteiger charge is -2.25. The number of aliphatic hydroxyl groups excluding tert-OH is 1. The summed E-state index contributed by atoms with van der Waals surface area (Å²) < 4.78 is 5.28. The Morgan fingerprint density at radius 1 is 1.60 bits per heavy atom. The van der Waals surface area contributed by atoms with Crippen LogP contribution in [0.1, 0.15) is 12.8 Å². The highest BCUT2D eigenvalue weighted by Gasteiger charge is 2.26. The first-order chi connectivity index (χ1) is 7.25. The predicted octanol–water partition coefficient (Wildman–Crippen LogP) is -1.04. The van der Waals surface area contributed by atoms with Crippen LogP contribution in [0, 0.1) is 0 Å². The van der Waals surface area contributed by atoms with Crippen LogP contribution in [-0.4, -0.2) is 60.9 Å². The largest absolute Gasteiger partial charge is 0.391 e. The smallest absolute Gasteiger partial charge is 0.224 e. The van der Waals surface area contributed by atoms with Gasteiger partial charge < -0.3 is 20.1 Å². The van der Waals surface area contributed by atoms with Crippen LogP contribution in [0.2, 0.25) is 0 Å². The van der Waals surface area contributed by atoms with E-state index in [1.165, 1.54) is 0 Å². The molecule has 2 fully saturated rings. The first kappa shape index (κ1) is 10.9. The van der Waals surface area contributed by atoms with Gasteiger partial charge in [-0.15, -0.1) is 0 Å². The number of rotatable bonds is 2. The zero-order valence-electron chi connectivity index (χ0n) is 8.82. The molecular weight excluding hydrogens is 196 g/mol. The van der Waals surface area contributed by atoms with Gasteiger partial charge in [0.2, 0.25) is 5.91 Å². The molecule has 0 saturated carbocycles. The van der Waals surface area contributed by atoms with Crippen molar-refractivity contribution in [2.75, 3.05) is 32.8 Å². The van der Waals surface area contributed by atoms with Crippen LogP contribution in [0.5, 0.6) is 0 Å². The van der Waals surface area contributed by atoms with E-state index in [1.54, 1.807) is 4.90 Å². The van der Waals surface area contributed by atoms with Crippen LogP contribution < -0.4 is 5.32 Å². The monoisotopic (exact) mass is 214 g/mol. The van der Waals surface area contributed by atoms with Gasteiger partial charge in [0, 0.05) is 32.1 Å². The second kappa shape index (κ2) is 4.92. The summed E-state index contributed by atoms with van der Waals surface area (Å²) in [6.07, 6.45) is 0.858. The number of β-amino-alcohol motifs (C(OH)–C–C–N with tert-alkyl or cyclic N) is 1. The Hall–Kier alpha value is -0.650. The topological polar surface area (TPSA) is 61.8 Å².